The Bertz CT molecular complexity index is 443. The van der Waals surface area contributed by atoms with E-state index in [1.165, 1.54) is 0 Å². The largest absolute Gasteiger partial charge is 0.496 e. The number of halogens is 1. The zero-order chi connectivity index (χ0) is 14.8. The van der Waals surface area contributed by atoms with Gasteiger partial charge in [0, 0.05) is 5.56 Å². The van der Waals surface area contributed by atoms with Gasteiger partial charge in [-0.3, -0.25) is 0 Å². The lowest BCUT2D eigenvalue weighted by molar-refractivity contribution is 0.0394. The first-order chi connectivity index (χ1) is 8.72. The maximum Gasteiger partial charge on any atom is 0.133 e. The molecule has 0 aromatic heterocycles. The van der Waals surface area contributed by atoms with Crippen molar-refractivity contribution in [3.05, 3.63) is 22.2 Å². The second-order valence-corrected chi connectivity index (χ2v) is 6.42. The number of hydrogen-bond donors (Lipinski definition) is 2. The zero-order valence-corrected chi connectivity index (χ0v) is 13.6. The fourth-order valence-corrected chi connectivity index (χ4v) is 2.34. The van der Waals surface area contributed by atoms with Crippen LogP contribution in [-0.2, 0) is 0 Å². The maximum absolute atomic E-state index is 10.3. The van der Waals surface area contributed by atoms with Crippen molar-refractivity contribution >= 4 is 15.9 Å². The van der Waals surface area contributed by atoms with Gasteiger partial charge in [0.05, 0.1) is 30.8 Å². The normalized spacial score (nSPS) is 14.9. The predicted octanol–water partition coefficient (Wildman–Crippen LogP) is 2.87. The van der Waals surface area contributed by atoms with Crippen LogP contribution < -0.4 is 15.2 Å². The number of aliphatic hydroxyl groups excluding tert-OH is 1. The second-order valence-electron chi connectivity index (χ2n) is 5.57. The molecule has 0 saturated heterocycles. The molecular weight excluding hydrogens is 310 g/mol. The molecule has 0 aliphatic carbocycles. The van der Waals surface area contributed by atoms with Gasteiger partial charge in [0.25, 0.3) is 0 Å². The molecule has 0 bridgehead atoms. The van der Waals surface area contributed by atoms with Crippen molar-refractivity contribution in [1.82, 2.24) is 0 Å². The van der Waals surface area contributed by atoms with Crippen LogP contribution in [0, 0.1) is 5.41 Å². The van der Waals surface area contributed by atoms with Crippen molar-refractivity contribution in [1.29, 1.82) is 0 Å². The molecule has 108 valence electrons. The van der Waals surface area contributed by atoms with Crippen molar-refractivity contribution in [2.75, 3.05) is 14.2 Å². The van der Waals surface area contributed by atoms with Crippen LogP contribution >= 0.6 is 15.9 Å². The van der Waals surface area contributed by atoms with Gasteiger partial charge < -0.3 is 20.3 Å². The molecule has 2 atom stereocenters. The fraction of sp³-hybridized carbons (Fsp3) is 0.571. The highest BCUT2D eigenvalue weighted by atomic mass is 79.9. The van der Waals surface area contributed by atoms with Gasteiger partial charge in [-0.25, -0.2) is 0 Å². The molecule has 0 aliphatic heterocycles. The first-order valence-corrected chi connectivity index (χ1v) is 6.86. The molecular formula is C14H22BrNO3. The number of ether oxygens (including phenoxy) is 2. The molecule has 1 aromatic carbocycles. The average molecular weight is 332 g/mol. The fourth-order valence-electron chi connectivity index (χ4n) is 1.85. The number of benzene rings is 1. The Hall–Kier alpha value is -0.780. The molecule has 3 N–H and O–H groups in total. The Morgan fingerprint density at radius 1 is 1.16 bits per heavy atom. The van der Waals surface area contributed by atoms with Crippen molar-refractivity contribution in [3.8, 4) is 11.5 Å². The maximum atomic E-state index is 10.3. The molecule has 0 amide bonds. The number of hydrogen-bond acceptors (Lipinski definition) is 4. The van der Waals surface area contributed by atoms with E-state index in [0.717, 1.165) is 10.0 Å². The lowest BCUT2D eigenvalue weighted by Crippen LogP contribution is -2.37. The molecule has 0 radical (unpaired) electrons. The summed E-state index contributed by atoms with van der Waals surface area (Å²) in [6.45, 7) is 5.83. The van der Waals surface area contributed by atoms with Gasteiger partial charge in [0.1, 0.15) is 11.5 Å². The van der Waals surface area contributed by atoms with E-state index >= 15 is 0 Å². The molecule has 4 nitrogen and oxygen atoms in total. The third kappa shape index (κ3) is 3.61. The Balaban J connectivity index is 3.25. The monoisotopic (exact) mass is 331 g/mol. The third-order valence-electron chi connectivity index (χ3n) is 3.09. The molecule has 0 spiro atoms. The minimum absolute atomic E-state index is 0.315. The Labute approximate surface area is 123 Å². The highest BCUT2D eigenvalue weighted by molar-refractivity contribution is 9.10. The summed E-state index contributed by atoms with van der Waals surface area (Å²) in [6.07, 6.45) is -0.688. The van der Waals surface area contributed by atoms with Crippen LogP contribution in [0.25, 0.3) is 0 Å². The molecule has 5 heteroatoms. The van der Waals surface area contributed by atoms with Crippen molar-refractivity contribution in [2.24, 2.45) is 11.1 Å². The first-order valence-electron chi connectivity index (χ1n) is 6.07. The average Bonchev–Trinajstić information content (AvgIpc) is 2.35. The summed E-state index contributed by atoms with van der Waals surface area (Å²) in [6, 6.07) is 3.04. The van der Waals surface area contributed by atoms with Crippen LogP contribution in [0.3, 0.4) is 0 Å². The van der Waals surface area contributed by atoms with Gasteiger partial charge in [-0.05, 0) is 33.5 Å². The Morgan fingerprint density at radius 3 is 2.11 bits per heavy atom. The quantitative estimate of drug-likeness (QED) is 0.890. The molecule has 0 unspecified atom stereocenters. The minimum atomic E-state index is -0.688. The number of rotatable bonds is 4. The Morgan fingerprint density at radius 2 is 1.68 bits per heavy atom. The first kappa shape index (κ1) is 16.3. The summed E-state index contributed by atoms with van der Waals surface area (Å²) in [7, 11) is 3.16. The van der Waals surface area contributed by atoms with E-state index in [0.29, 0.717) is 11.5 Å². The molecule has 1 aromatic rings. The van der Waals surface area contributed by atoms with Gasteiger partial charge in [-0.2, -0.15) is 0 Å². The molecule has 0 aliphatic rings. The smallest absolute Gasteiger partial charge is 0.133 e. The highest BCUT2D eigenvalue weighted by Gasteiger charge is 2.31. The van der Waals surface area contributed by atoms with E-state index in [1.54, 1.807) is 26.4 Å². The van der Waals surface area contributed by atoms with E-state index < -0.39 is 12.1 Å². The summed E-state index contributed by atoms with van der Waals surface area (Å²) < 4.78 is 11.4. The van der Waals surface area contributed by atoms with E-state index in [9.17, 15) is 5.11 Å². The molecule has 0 saturated carbocycles. The number of methoxy groups -OCH3 is 2. The van der Waals surface area contributed by atoms with E-state index in [4.69, 9.17) is 15.2 Å². The number of nitrogens with two attached hydrogens (primary N) is 1. The highest BCUT2D eigenvalue weighted by Crippen LogP contribution is 2.38. The van der Waals surface area contributed by atoms with Gasteiger partial charge in [0.2, 0.25) is 0 Å². The topological polar surface area (TPSA) is 64.7 Å². The zero-order valence-electron chi connectivity index (χ0n) is 12.0. The Kier molecular flexibility index (Phi) is 5.24. The molecule has 1 rings (SSSR count). The second kappa shape index (κ2) is 6.11. The predicted molar refractivity (Wildman–Crippen MR) is 79.6 cm³/mol. The van der Waals surface area contributed by atoms with Crippen LogP contribution in [0.4, 0.5) is 0 Å². The van der Waals surface area contributed by atoms with Gasteiger partial charge in [-0.1, -0.05) is 20.8 Å². The third-order valence-corrected chi connectivity index (χ3v) is 3.71. The van der Waals surface area contributed by atoms with Gasteiger partial charge >= 0.3 is 0 Å². The molecule has 0 heterocycles. The summed E-state index contributed by atoms with van der Waals surface area (Å²) in [4.78, 5) is 0. The van der Waals surface area contributed by atoms with Gasteiger partial charge in [-0.15, -0.1) is 0 Å². The van der Waals surface area contributed by atoms with E-state index in [2.05, 4.69) is 15.9 Å². The van der Waals surface area contributed by atoms with Crippen LogP contribution in [0.1, 0.15) is 32.4 Å². The lowest BCUT2D eigenvalue weighted by Gasteiger charge is -2.31. The van der Waals surface area contributed by atoms with Crippen LogP contribution in [0.5, 0.6) is 11.5 Å². The SMILES string of the molecule is COc1cc([C@H](N)[C@H](O)C(C)(C)C)c(OC)cc1Br. The standard InChI is InChI=1S/C14H22BrNO3/c1-14(2,3)13(17)12(16)8-6-11(19-5)9(15)7-10(8)18-4/h6-7,12-13,17H,16H2,1-5H3/t12-,13-/m0/s1. The summed E-state index contributed by atoms with van der Waals surface area (Å²) in [5.74, 6) is 1.29. The molecule has 19 heavy (non-hydrogen) atoms. The molecule has 0 fully saturated rings. The van der Waals surface area contributed by atoms with Crippen LogP contribution in [-0.4, -0.2) is 25.4 Å². The van der Waals surface area contributed by atoms with Crippen LogP contribution in [0.15, 0.2) is 16.6 Å². The lowest BCUT2D eigenvalue weighted by atomic mass is 9.82. The van der Waals surface area contributed by atoms with Gasteiger partial charge in [0.15, 0.2) is 0 Å². The van der Waals surface area contributed by atoms with Crippen molar-refractivity contribution in [3.63, 3.8) is 0 Å². The van der Waals surface area contributed by atoms with E-state index in [-0.39, 0.29) is 5.41 Å². The van der Waals surface area contributed by atoms with Crippen molar-refractivity contribution in [2.45, 2.75) is 32.9 Å². The van der Waals surface area contributed by atoms with Crippen molar-refractivity contribution < 1.29 is 14.6 Å². The summed E-state index contributed by atoms with van der Waals surface area (Å²) in [5, 5.41) is 10.3. The minimum Gasteiger partial charge on any atom is -0.496 e. The summed E-state index contributed by atoms with van der Waals surface area (Å²) in [5.41, 5.74) is 6.59. The number of aliphatic hydroxyl groups is 1. The summed E-state index contributed by atoms with van der Waals surface area (Å²) >= 11 is 3.40. The van der Waals surface area contributed by atoms with Crippen LogP contribution in [0.2, 0.25) is 0 Å². The van der Waals surface area contributed by atoms with E-state index in [1.807, 2.05) is 20.8 Å².